The molecule has 0 radical (unpaired) electrons. The Balaban J connectivity index is 2.32. The van der Waals surface area contributed by atoms with Crippen molar-refractivity contribution < 1.29 is 0 Å². The maximum absolute atomic E-state index is 3.50. The summed E-state index contributed by atoms with van der Waals surface area (Å²) in [6.45, 7) is 4.17. The highest BCUT2D eigenvalue weighted by molar-refractivity contribution is 9.13. The average Bonchev–Trinajstić information content (AvgIpc) is 2.46. The highest BCUT2D eigenvalue weighted by Gasteiger charge is 2.06. The van der Waals surface area contributed by atoms with Gasteiger partial charge in [-0.3, -0.25) is 0 Å². The molecule has 0 saturated heterocycles. The van der Waals surface area contributed by atoms with Crippen LogP contribution >= 0.6 is 43.2 Å². The molecule has 0 aliphatic heterocycles. The Morgan fingerprint density at radius 1 is 1.47 bits per heavy atom. The van der Waals surface area contributed by atoms with Gasteiger partial charge in [-0.15, -0.1) is 11.3 Å². The molecule has 15 heavy (non-hydrogen) atoms. The molecule has 0 aromatic carbocycles. The normalized spacial score (nSPS) is 13.5. The Labute approximate surface area is 112 Å². The number of nitrogens with one attached hydrogen (secondary N) is 1. The lowest BCUT2D eigenvalue weighted by atomic mass is 10.3. The predicted molar refractivity (Wildman–Crippen MR) is 74.6 cm³/mol. The number of halogens is 2. The smallest absolute Gasteiger partial charge is 0.0843 e. The minimum Gasteiger partial charge on any atom is -0.310 e. The summed E-state index contributed by atoms with van der Waals surface area (Å²) in [6.07, 6.45) is 0. The number of hydrogen-bond donors (Lipinski definition) is 1. The SMILES string of the molecule is CC(CNCc1cc(Br)c(Br)s1)N(C)C. The summed E-state index contributed by atoms with van der Waals surface area (Å²) >= 11 is 8.75. The first-order valence-electron chi connectivity index (χ1n) is 4.81. The van der Waals surface area contributed by atoms with Crippen molar-refractivity contribution in [3.63, 3.8) is 0 Å². The average molecular weight is 356 g/mol. The van der Waals surface area contributed by atoms with Crippen molar-refractivity contribution in [1.82, 2.24) is 10.2 Å². The molecule has 0 aliphatic carbocycles. The van der Waals surface area contributed by atoms with Crippen molar-refractivity contribution in [1.29, 1.82) is 0 Å². The Morgan fingerprint density at radius 2 is 2.13 bits per heavy atom. The second kappa shape index (κ2) is 6.35. The maximum atomic E-state index is 3.50. The number of nitrogens with zero attached hydrogens (tertiary/aromatic N) is 1. The van der Waals surface area contributed by atoms with Crippen LogP contribution in [0.4, 0.5) is 0 Å². The van der Waals surface area contributed by atoms with Gasteiger partial charge in [0.1, 0.15) is 0 Å². The molecule has 0 aliphatic rings. The fourth-order valence-corrected chi connectivity index (χ4v) is 3.21. The van der Waals surface area contributed by atoms with Crippen molar-refractivity contribution in [3.8, 4) is 0 Å². The highest BCUT2D eigenvalue weighted by Crippen LogP contribution is 2.32. The Bertz CT molecular complexity index is 293. The van der Waals surface area contributed by atoms with Crippen LogP contribution < -0.4 is 5.32 Å². The lowest BCUT2D eigenvalue weighted by Gasteiger charge is -2.19. The predicted octanol–water partition coefficient (Wildman–Crippen LogP) is 3.31. The fraction of sp³-hybridized carbons (Fsp3) is 0.600. The first kappa shape index (κ1) is 13.6. The summed E-state index contributed by atoms with van der Waals surface area (Å²) in [7, 11) is 4.20. The van der Waals surface area contributed by atoms with E-state index in [1.807, 2.05) is 0 Å². The zero-order valence-electron chi connectivity index (χ0n) is 9.18. The molecule has 1 aromatic heterocycles. The number of likely N-dealkylation sites (N-methyl/N-ethyl adjacent to an activating group) is 1. The van der Waals surface area contributed by atoms with E-state index in [1.165, 1.54) is 8.66 Å². The lowest BCUT2D eigenvalue weighted by Crippen LogP contribution is -2.34. The molecular formula is C10H16Br2N2S. The molecule has 5 heteroatoms. The van der Waals surface area contributed by atoms with E-state index in [9.17, 15) is 0 Å². The Morgan fingerprint density at radius 3 is 2.60 bits per heavy atom. The molecular weight excluding hydrogens is 340 g/mol. The van der Waals surface area contributed by atoms with Gasteiger partial charge in [-0.2, -0.15) is 0 Å². The minimum absolute atomic E-state index is 0.567. The van der Waals surface area contributed by atoms with Crippen molar-refractivity contribution >= 4 is 43.2 Å². The van der Waals surface area contributed by atoms with Gasteiger partial charge < -0.3 is 10.2 Å². The van der Waals surface area contributed by atoms with E-state index in [0.29, 0.717) is 6.04 Å². The first-order valence-corrected chi connectivity index (χ1v) is 7.21. The molecule has 1 unspecified atom stereocenters. The quantitative estimate of drug-likeness (QED) is 0.871. The molecule has 0 spiro atoms. The third-order valence-corrected chi connectivity index (χ3v) is 5.57. The van der Waals surface area contributed by atoms with Crippen LogP contribution in [0.3, 0.4) is 0 Å². The van der Waals surface area contributed by atoms with Crippen LogP contribution in [0.1, 0.15) is 11.8 Å². The van der Waals surface area contributed by atoms with Crippen LogP contribution in [0.5, 0.6) is 0 Å². The van der Waals surface area contributed by atoms with Gasteiger partial charge in [-0.1, -0.05) is 0 Å². The van der Waals surface area contributed by atoms with Crippen molar-refractivity contribution in [2.24, 2.45) is 0 Å². The molecule has 1 heterocycles. The van der Waals surface area contributed by atoms with E-state index in [2.05, 4.69) is 69.2 Å². The third-order valence-electron chi connectivity index (χ3n) is 2.32. The van der Waals surface area contributed by atoms with Gasteiger partial charge >= 0.3 is 0 Å². The molecule has 0 amide bonds. The molecule has 0 fully saturated rings. The summed E-state index contributed by atoms with van der Waals surface area (Å²) in [5, 5.41) is 3.45. The molecule has 86 valence electrons. The monoisotopic (exact) mass is 354 g/mol. The molecule has 1 N–H and O–H groups in total. The zero-order valence-corrected chi connectivity index (χ0v) is 13.2. The number of rotatable bonds is 5. The van der Waals surface area contributed by atoms with Gasteiger partial charge in [0.2, 0.25) is 0 Å². The van der Waals surface area contributed by atoms with Crippen LogP contribution in [-0.2, 0) is 6.54 Å². The summed E-state index contributed by atoms with van der Waals surface area (Å²) in [6, 6.07) is 2.72. The zero-order chi connectivity index (χ0) is 11.4. The third kappa shape index (κ3) is 4.53. The topological polar surface area (TPSA) is 15.3 Å². The minimum atomic E-state index is 0.567. The molecule has 1 aromatic rings. The Kier molecular flexibility index (Phi) is 5.77. The van der Waals surface area contributed by atoms with E-state index in [0.717, 1.165) is 17.6 Å². The summed E-state index contributed by atoms with van der Waals surface area (Å²) in [4.78, 5) is 3.56. The van der Waals surface area contributed by atoms with E-state index in [-0.39, 0.29) is 0 Å². The van der Waals surface area contributed by atoms with E-state index >= 15 is 0 Å². The van der Waals surface area contributed by atoms with Gasteiger partial charge in [-0.05, 0) is 58.9 Å². The molecule has 1 atom stereocenters. The Hall–Kier alpha value is 0.580. The van der Waals surface area contributed by atoms with Gasteiger partial charge in [-0.25, -0.2) is 0 Å². The molecule has 0 saturated carbocycles. The summed E-state index contributed by atoms with van der Waals surface area (Å²) in [5.41, 5.74) is 0. The number of hydrogen-bond acceptors (Lipinski definition) is 3. The largest absolute Gasteiger partial charge is 0.310 e. The van der Waals surface area contributed by atoms with Gasteiger partial charge in [0.05, 0.1) is 3.79 Å². The van der Waals surface area contributed by atoms with Crippen molar-refractivity contribution in [2.45, 2.75) is 19.5 Å². The summed E-state index contributed by atoms with van der Waals surface area (Å²) < 4.78 is 2.31. The highest BCUT2D eigenvalue weighted by atomic mass is 79.9. The number of thiophene rings is 1. The molecule has 1 rings (SSSR count). The summed E-state index contributed by atoms with van der Waals surface area (Å²) in [5.74, 6) is 0. The van der Waals surface area contributed by atoms with E-state index in [4.69, 9.17) is 0 Å². The molecule has 0 bridgehead atoms. The van der Waals surface area contributed by atoms with Crippen LogP contribution in [0.2, 0.25) is 0 Å². The van der Waals surface area contributed by atoms with Crippen LogP contribution in [0.15, 0.2) is 14.3 Å². The van der Waals surface area contributed by atoms with Crippen LogP contribution in [0.25, 0.3) is 0 Å². The van der Waals surface area contributed by atoms with E-state index < -0.39 is 0 Å². The van der Waals surface area contributed by atoms with Crippen molar-refractivity contribution in [3.05, 3.63) is 19.2 Å². The second-order valence-electron chi connectivity index (χ2n) is 3.78. The van der Waals surface area contributed by atoms with Gasteiger partial charge in [0, 0.05) is 28.5 Å². The van der Waals surface area contributed by atoms with Crippen molar-refractivity contribution in [2.75, 3.05) is 20.6 Å². The van der Waals surface area contributed by atoms with Gasteiger partial charge in [0.15, 0.2) is 0 Å². The fourth-order valence-electron chi connectivity index (χ4n) is 1.07. The van der Waals surface area contributed by atoms with E-state index in [1.54, 1.807) is 11.3 Å². The lowest BCUT2D eigenvalue weighted by molar-refractivity contribution is 0.303. The second-order valence-corrected chi connectivity index (χ2v) is 7.09. The van der Waals surface area contributed by atoms with Gasteiger partial charge in [0.25, 0.3) is 0 Å². The van der Waals surface area contributed by atoms with Crippen LogP contribution in [-0.4, -0.2) is 31.6 Å². The maximum Gasteiger partial charge on any atom is 0.0843 e. The standard InChI is InChI=1S/C10H16Br2N2S/c1-7(14(2)3)5-13-6-8-4-9(11)10(12)15-8/h4,7,13H,5-6H2,1-3H3. The molecule has 2 nitrogen and oxygen atoms in total. The first-order chi connectivity index (χ1) is 7.00. The van der Waals surface area contributed by atoms with Crippen LogP contribution in [0, 0.1) is 0 Å².